The molecule has 1 aliphatic heterocycles. The Bertz CT molecular complexity index is 2180. The molecule has 0 bridgehead atoms. The first-order chi connectivity index (χ1) is 30.9. The lowest BCUT2D eigenvalue weighted by Gasteiger charge is -2.38. The van der Waals surface area contributed by atoms with Gasteiger partial charge in [-0.2, -0.15) is 0 Å². The van der Waals surface area contributed by atoms with Gasteiger partial charge in [0, 0.05) is 31.0 Å². The van der Waals surface area contributed by atoms with Crippen molar-refractivity contribution in [2.45, 2.75) is 142 Å². The number of hydrogen-bond donors (Lipinski definition) is 0. The topological polar surface area (TPSA) is 62.7 Å². The molecule has 1 fully saturated rings. The second-order valence-corrected chi connectivity index (χ2v) is 21.2. The van der Waals surface area contributed by atoms with Crippen LogP contribution in [0, 0.1) is 0 Å². The number of urea groups is 1. The highest BCUT2D eigenvalue weighted by atomic mass is 16.5. The fourth-order valence-electron chi connectivity index (χ4n) is 9.11. The molecule has 6 rings (SSSR count). The van der Waals surface area contributed by atoms with E-state index in [4.69, 9.17) is 9.72 Å². The van der Waals surface area contributed by atoms with Gasteiger partial charge in [0.15, 0.2) is 0 Å². The van der Waals surface area contributed by atoms with Crippen LogP contribution in [0.25, 0.3) is 0 Å². The third kappa shape index (κ3) is 12.2. The number of ether oxygens (including phenoxy) is 1. The van der Waals surface area contributed by atoms with Crippen molar-refractivity contribution in [1.82, 2.24) is 14.8 Å². The van der Waals surface area contributed by atoms with Crippen LogP contribution >= 0.6 is 0 Å². The molecule has 3 amide bonds. The van der Waals surface area contributed by atoms with Crippen LogP contribution in [0.2, 0.25) is 0 Å². The van der Waals surface area contributed by atoms with Crippen molar-refractivity contribution in [3.05, 3.63) is 178 Å². The molecule has 1 aromatic heterocycles. The Labute approximate surface area is 391 Å². The van der Waals surface area contributed by atoms with Gasteiger partial charge >= 0.3 is 6.03 Å². The Morgan fingerprint density at radius 2 is 0.954 bits per heavy atom. The van der Waals surface area contributed by atoms with Gasteiger partial charge in [0.2, 0.25) is 0 Å². The summed E-state index contributed by atoms with van der Waals surface area (Å²) in [6.45, 7) is 26.4. The normalized spacial score (nSPS) is 13.6. The molecular weight excluding hydrogens is 799 g/mol. The molecule has 4 aromatic carbocycles. The number of nitrogens with zero attached hydrogens (tertiary/aromatic N) is 3. The predicted octanol–water partition coefficient (Wildman–Crippen LogP) is 13.7. The lowest BCUT2D eigenvalue weighted by molar-refractivity contribution is -0.122. The SMILES string of the molecule is C=CC(=O)N1CCN(CCCCCCc2cccc(CCCCCOc3ccc(C(c4ccc(C(C)(C)C)cc4)(c4ccc(C(C)(C)C)cc4)c4ccc(C(C)(C)C)cc4)cc3)n2)C1=O. The van der Waals surface area contributed by atoms with Crippen LogP contribution < -0.4 is 4.74 Å². The van der Waals surface area contributed by atoms with Gasteiger partial charge in [-0.1, -0.05) is 173 Å². The molecule has 6 heteroatoms. The van der Waals surface area contributed by atoms with E-state index in [0.717, 1.165) is 74.9 Å². The molecule has 5 aromatic rings. The molecule has 0 spiro atoms. The molecule has 2 heterocycles. The van der Waals surface area contributed by atoms with Crippen LogP contribution in [0.4, 0.5) is 4.79 Å². The van der Waals surface area contributed by atoms with Crippen LogP contribution in [-0.4, -0.2) is 53.0 Å². The molecule has 0 saturated carbocycles. The van der Waals surface area contributed by atoms with Gasteiger partial charge in [-0.05, 0) is 130 Å². The molecular formula is C59H75N3O3. The van der Waals surface area contributed by atoms with E-state index in [9.17, 15) is 9.59 Å². The second-order valence-electron chi connectivity index (χ2n) is 21.2. The maximum Gasteiger partial charge on any atom is 0.327 e. The number of carbonyl (C=O) groups is 2. The van der Waals surface area contributed by atoms with Crippen molar-refractivity contribution in [2.75, 3.05) is 26.2 Å². The molecule has 344 valence electrons. The lowest BCUT2D eigenvalue weighted by atomic mass is 9.64. The Balaban J connectivity index is 1.07. The summed E-state index contributed by atoms with van der Waals surface area (Å²) >= 11 is 0. The number of carbonyl (C=O) groups excluding carboxylic acids is 2. The standard InChI is InChI=1S/C59H75N3O3/c1-11-54(63)62-42-41-61(55(62)64)40-17-13-12-15-20-51-22-19-23-52(60-51)21-16-14-18-43-65-53-38-36-50(37-39-53)59(47-30-24-44(25-31-47)56(2,3)4,48-32-26-45(27-33-48)57(5,6)7)49-34-28-46(29-35-49)58(8,9)10/h11,19,22-39H,1,12-18,20-21,40-43H2,2-10H3. The number of aromatic nitrogens is 1. The second kappa shape index (κ2) is 21.2. The molecule has 0 atom stereocenters. The summed E-state index contributed by atoms with van der Waals surface area (Å²) in [4.78, 5) is 32.3. The zero-order valence-corrected chi connectivity index (χ0v) is 41.0. The van der Waals surface area contributed by atoms with Gasteiger partial charge in [-0.15, -0.1) is 0 Å². The summed E-state index contributed by atoms with van der Waals surface area (Å²) in [5.74, 6) is 0.579. The Morgan fingerprint density at radius 1 is 0.554 bits per heavy atom. The smallest absolute Gasteiger partial charge is 0.327 e. The number of aryl methyl sites for hydroxylation is 2. The van der Waals surface area contributed by atoms with Crippen LogP contribution in [0.1, 0.15) is 158 Å². The van der Waals surface area contributed by atoms with Crippen LogP contribution in [0.15, 0.2) is 128 Å². The molecule has 0 N–H and O–H groups in total. The number of rotatable bonds is 19. The minimum absolute atomic E-state index is 0.0485. The van der Waals surface area contributed by atoms with Gasteiger partial charge < -0.3 is 9.64 Å². The van der Waals surface area contributed by atoms with Crippen LogP contribution in [0.3, 0.4) is 0 Å². The molecule has 65 heavy (non-hydrogen) atoms. The average Bonchev–Trinajstić information content (AvgIpc) is 3.65. The third-order valence-corrected chi connectivity index (χ3v) is 13.2. The number of benzene rings is 4. The zero-order valence-electron chi connectivity index (χ0n) is 41.0. The number of amides is 3. The number of pyridine rings is 1. The summed E-state index contributed by atoms with van der Waals surface area (Å²) in [7, 11) is 0. The van der Waals surface area contributed by atoms with Crippen molar-refractivity contribution in [3.63, 3.8) is 0 Å². The summed E-state index contributed by atoms with van der Waals surface area (Å²) in [6.07, 6.45) is 10.4. The van der Waals surface area contributed by atoms with Crippen molar-refractivity contribution in [1.29, 1.82) is 0 Å². The largest absolute Gasteiger partial charge is 0.494 e. The van der Waals surface area contributed by atoms with Gasteiger partial charge in [-0.25, -0.2) is 4.79 Å². The quantitative estimate of drug-likeness (QED) is 0.0471. The van der Waals surface area contributed by atoms with Crippen molar-refractivity contribution < 1.29 is 14.3 Å². The van der Waals surface area contributed by atoms with Crippen molar-refractivity contribution >= 4 is 11.9 Å². The molecule has 6 nitrogen and oxygen atoms in total. The number of unbranched alkanes of at least 4 members (excludes halogenated alkanes) is 5. The van der Waals surface area contributed by atoms with Gasteiger partial charge in [-0.3, -0.25) is 14.7 Å². The summed E-state index contributed by atoms with van der Waals surface area (Å²) in [5.41, 5.74) is 10.8. The van der Waals surface area contributed by atoms with E-state index in [1.807, 2.05) is 0 Å². The van der Waals surface area contributed by atoms with Crippen LogP contribution in [-0.2, 0) is 39.3 Å². The van der Waals surface area contributed by atoms with E-state index in [0.29, 0.717) is 26.2 Å². The maximum absolute atomic E-state index is 12.4. The Morgan fingerprint density at radius 3 is 1.38 bits per heavy atom. The maximum atomic E-state index is 12.4. The van der Waals surface area contributed by atoms with E-state index >= 15 is 0 Å². The minimum atomic E-state index is -0.553. The number of imide groups is 1. The fraction of sp³-hybridized carbons (Fsp3) is 0.441. The highest BCUT2D eigenvalue weighted by molar-refractivity contribution is 6.01. The van der Waals surface area contributed by atoms with E-state index in [2.05, 4.69) is 184 Å². The van der Waals surface area contributed by atoms with Crippen molar-refractivity contribution in [2.24, 2.45) is 0 Å². The zero-order chi connectivity index (χ0) is 46.8. The molecule has 0 radical (unpaired) electrons. The first kappa shape index (κ1) is 49.0. The lowest BCUT2D eigenvalue weighted by Crippen LogP contribution is -2.35. The monoisotopic (exact) mass is 874 g/mol. The third-order valence-electron chi connectivity index (χ3n) is 13.2. The number of hydrogen-bond acceptors (Lipinski definition) is 4. The fourth-order valence-corrected chi connectivity index (χ4v) is 9.11. The van der Waals surface area contributed by atoms with Gasteiger partial charge in [0.05, 0.1) is 12.0 Å². The summed E-state index contributed by atoms with van der Waals surface area (Å²) in [6, 6.07) is 43.1. The minimum Gasteiger partial charge on any atom is -0.494 e. The van der Waals surface area contributed by atoms with Gasteiger partial charge in [0.1, 0.15) is 5.75 Å². The first-order valence-electron chi connectivity index (χ1n) is 24.2. The summed E-state index contributed by atoms with van der Waals surface area (Å²) in [5, 5.41) is 0. The van der Waals surface area contributed by atoms with E-state index in [-0.39, 0.29) is 28.2 Å². The molecule has 1 saturated heterocycles. The van der Waals surface area contributed by atoms with E-state index < -0.39 is 5.41 Å². The Hall–Kier alpha value is -5.49. The molecule has 1 aliphatic rings. The molecule has 0 unspecified atom stereocenters. The highest BCUT2D eigenvalue weighted by Crippen LogP contribution is 2.47. The molecule has 0 aliphatic carbocycles. The van der Waals surface area contributed by atoms with E-state index in [1.165, 1.54) is 49.9 Å². The summed E-state index contributed by atoms with van der Waals surface area (Å²) < 4.78 is 6.39. The van der Waals surface area contributed by atoms with E-state index in [1.54, 1.807) is 4.90 Å². The highest BCUT2D eigenvalue weighted by Gasteiger charge is 2.39. The average molecular weight is 874 g/mol. The van der Waals surface area contributed by atoms with Crippen molar-refractivity contribution in [3.8, 4) is 5.75 Å². The van der Waals surface area contributed by atoms with Gasteiger partial charge in [0.25, 0.3) is 5.91 Å². The predicted molar refractivity (Wildman–Crippen MR) is 269 cm³/mol. The van der Waals surface area contributed by atoms with Crippen LogP contribution in [0.5, 0.6) is 5.75 Å². The Kier molecular flexibility index (Phi) is 16.0. The first-order valence-corrected chi connectivity index (χ1v) is 24.2.